The number of aryl methyl sites for hydroxylation is 1. The molecular formula is C26H29FN4O5. The van der Waals surface area contributed by atoms with E-state index in [0.29, 0.717) is 42.5 Å². The van der Waals surface area contributed by atoms with Crippen molar-refractivity contribution in [1.29, 1.82) is 0 Å². The fourth-order valence-corrected chi connectivity index (χ4v) is 3.93. The van der Waals surface area contributed by atoms with Gasteiger partial charge in [-0.2, -0.15) is 5.10 Å². The number of methoxy groups -OCH3 is 1. The molecule has 9 nitrogen and oxygen atoms in total. The van der Waals surface area contributed by atoms with Crippen molar-refractivity contribution >= 4 is 17.6 Å². The van der Waals surface area contributed by atoms with E-state index in [1.54, 1.807) is 43.2 Å². The van der Waals surface area contributed by atoms with Gasteiger partial charge in [-0.15, -0.1) is 0 Å². The second-order valence-corrected chi connectivity index (χ2v) is 9.28. The molecule has 0 bridgehead atoms. The van der Waals surface area contributed by atoms with Crippen molar-refractivity contribution in [2.24, 2.45) is 7.05 Å². The number of hydrogen-bond donors (Lipinski definition) is 1. The van der Waals surface area contributed by atoms with Crippen LogP contribution >= 0.6 is 0 Å². The van der Waals surface area contributed by atoms with Crippen molar-refractivity contribution in [3.05, 3.63) is 65.1 Å². The predicted octanol–water partition coefficient (Wildman–Crippen LogP) is 4.04. The minimum absolute atomic E-state index is 0.0702. The van der Waals surface area contributed by atoms with Gasteiger partial charge in [-0.1, -0.05) is 0 Å². The summed E-state index contributed by atoms with van der Waals surface area (Å²) in [6.45, 7) is 4.55. The summed E-state index contributed by atoms with van der Waals surface area (Å²) in [4.78, 5) is 26.9. The molecule has 0 aliphatic carbocycles. The van der Waals surface area contributed by atoms with Crippen LogP contribution in [0.5, 0.6) is 17.2 Å². The Balaban J connectivity index is 1.61. The second-order valence-electron chi connectivity index (χ2n) is 9.28. The molecule has 2 heterocycles. The standard InChI is InChI=1S/C26H29FN4O5/c1-26(2)15-19-21(12-16(13-22(19)36-26)24(32)28-23-8-9-31(4)29-23)35-17-6-7-18(20(27)14-17)25(33)30(3)10-11-34-5/h6-9,12-14H,10-11,15H2,1-5H3,(H,28,29,32). The number of rotatable bonds is 8. The maximum absolute atomic E-state index is 14.9. The van der Waals surface area contributed by atoms with Gasteiger partial charge in [0.25, 0.3) is 11.8 Å². The van der Waals surface area contributed by atoms with Gasteiger partial charge in [0.15, 0.2) is 5.82 Å². The molecule has 36 heavy (non-hydrogen) atoms. The van der Waals surface area contributed by atoms with Crippen molar-refractivity contribution in [3.63, 3.8) is 0 Å². The lowest BCUT2D eigenvalue weighted by Crippen LogP contribution is -2.30. The van der Waals surface area contributed by atoms with E-state index in [0.717, 1.165) is 11.6 Å². The Kier molecular flexibility index (Phi) is 6.98. The Morgan fingerprint density at radius 1 is 1.25 bits per heavy atom. The van der Waals surface area contributed by atoms with Crippen LogP contribution in [0.3, 0.4) is 0 Å². The van der Waals surface area contributed by atoms with Crippen molar-refractivity contribution < 1.29 is 28.2 Å². The lowest BCUT2D eigenvalue weighted by Gasteiger charge is -2.17. The average molecular weight is 497 g/mol. The van der Waals surface area contributed by atoms with Crippen LogP contribution in [-0.2, 0) is 18.2 Å². The largest absolute Gasteiger partial charge is 0.487 e. The SMILES string of the molecule is COCCN(C)C(=O)c1ccc(Oc2cc(C(=O)Nc3ccn(C)n3)cc3c2CC(C)(C)O3)cc1F. The van der Waals surface area contributed by atoms with Crippen LogP contribution in [0, 0.1) is 5.82 Å². The normalized spacial score (nSPS) is 13.6. The van der Waals surface area contributed by atoms with Crippen LogP contribution < -0.4 is 14.8 Å². The second kappa shape index (κ2) is 9.98. The van der Waals surface area contributed by atoms with E-state index in [4.69, 9.17) is 14.2 Å². The molecule has 0 unspecified atom stereocenters. The van der Waals surface area contributed by atoms with Crippen molar-refractivity contribution in [3.8, 4) is 17.2 Å². The van der Waals surface area contributed by atoms with E-state index in [2.05, 4.69) is 10.4 Å². The van der Waals surface area contributed by atoms with Crippen LogP contribution in [0.2, 0.25) is 0 Å². The Morgan fingerprint density at radius 3 is 2.69 bits per heavy atom. The first-order chi connectivity index (χ1) is 17.1. The highest BCUT2D eigenvalue weighted by molar-refractivity contribution is 6.04. The predicted molar refractivity (Wildman–Crippen MR) is 131 cm³/mol. The minimum atomic E-state index is -0.709. The zero-order chi connectivity index (χ0) is 26.0. The summed E-state index contributed by atoms with van der Waals surface area (Å²) in [7, 11) is 4.87. The summed E-state index contributed by atoms with van der Waals surface area (Å²) >= 11 is 0. The van der Waals surface area contributed by atoms with Gasteiger partial charge in [0.05, 0.1) is 12.2 Å². The molecule has 2 aromatic carbocycles. The molecule has 3 aromatic rings. The molecule has 1 aromatic heterocycles. The van der Waals surface area contributed by atoms with Crippen LogP contribution in [0.25, 0.3) is 0 Å². The van der Waals surface area contributed by atoms with Gasteiger partial charge in [-0.25, -0.2) is 4.39 Å². The number of ether oxygens (including phenoxy) is 3. The number of carbonyl (C=O) groups is 2. The summed E-state index contributed by atoms with van der Waals surface area (Å²) < 4.78 is 33.5. The quantitative estimate of drug-likeness (QED) is 0.506. The van der Waals surface area contributed by atoms with Crippen LogP contribution in [0.1, 0.15) is 40.1 Å². The number of amides is 2. The third-order valence-corrected chi connectivity index (χ3v) is 5.75. The van der Waals surface area contributed by atoms with Gasteiger partial charge in [0, 0.05) is 63.6 Å². The van der Waals surface area contributed by atoms with E-state index in [1.807, 2.05) is 13.8 Å². The first-order valence-electron chi connectivity index (χ1n) is 11.4. The number of nitrogens with one attached hydrogen (secondary N) is 1. The molecule has 0 spiro atoms. The number of nitrogens with zero attached hydrogens (tertiary/aromatic N) is 3. The van der Waals surface area contributed by atoms with Crippen molar-refractivity contribution in [2.45, 2.75) is 25.9 Å². The van der Waals surface area contributed by atoms with Gasteiger partial charge in [-0.3, -0.25) is 14.3 Å². The Hall–Kier alpha value is -3.92. The molecule has 190 valence electrons. The first-order valence-corrected chi connectivity index (χ1v) is 11.4. The molecule has 0 saturated heterocycles. The van der Waals surface area contributed by atoms with Gasteiger partial charge in [-0.05, 0) is 38.1 Å². The smallest absolute Gasteiger partial charge is 0.257 e. The Bertz CT molecular complexity index is 1300. The highest BCUT2D eigenvalue weighted by Gasteiger charge is 2.34. The average Bonchev–Trinajstić information content (AvgIpc) is 3.37. The van der Waals surface area contributed by atoms with Gasteiger partial charge >= 0.3 is 0 Å². The van der Waals surface area contributed by atoms with Crippen molar-refractivity contribution in [2.75, 3.05) is 32.6 Å². The van der Waals surface area contributed by atoms with Gasteiger partial charge < -0.3 is 24.4 Å². The molecule has 1 aliphatic heterocycles. The van der Waals surface area contributed by atoms with Gasteiger partial charge in [0.2, 0.25) is 0 Å². The fourth-order valence-electron chi connectivity index (χ4n) is 3.93. The highest BCUT2D eigenvalue weighted by Crippen LogP contribution is 2.43. The number of carbonyl (C=O) groups excluding carboxylic acids is 2. The molecule has 10 heteroatoms. The molecule has 2 amide bonds. The number of benzene rings is 2. The third-order valence-electron chi connectivity index (χ3n) is 5.75. The fraction of sp³-hybridized carbons (Fsp3) is 0.346. The number of hydrogen-bond acceptors (Lipinski definition) is 6. The lowest BCUT2D eigenvalue weighted by atomic mass is 9.99. The summed E-state index contributed by atoms with van der Waals surface area (Å²) in [5, 5.41) is 6.91. The van der Waals surface area contributed by atoms with Crippen LogP contribution in [-0.4, -0.2) is 59.4 Å². The molecule has 4 rings (SSSR count). The molecular weight excluding hydrogens is 467 g/mol. The molecule has 1 aliphatic rings. The van der Waals surface area contributed by atoms with Gasteiger partial charge in [0.1, 0.15) is 28.7 Å². The zero-order valence-corrected chi connectivity index (χ0v) is 20.9. The van der Waals surface area contributed by atoms with E-state index in [-0.39, 0.29) is 17.2 Å². The van der Waals surface area contributed by atoms with Crippen molar-refractivity contribution in [1.82, 2.24) is 14.7 Å². The Morgan fingerprint density at radius 2 is 2.03 bits per heavy atom. The number of anilines is 1. The molecule has 1 N–H and O–H groups in total. The van der Waals surface area contributed by atoms with E-state index < -0.39 is 17.3 Å². The summed E-state index contributed by atoms with van der Waals surface area (Å²) in [5.41, 5.74) is 0.512. The minimum Gasteiger partial charge on any atom is -0.487 e. The van der Waals surface area contributed by atoms with E-state index in [9.17, 15) is 14.0 Å². The first kappa shape index (κ1) is 25.2. The Labute approximate surface area is 208 Å². The molecule has 0 saturated carbocycles. The summed E-state index contributed by atoms with van der Waals surface area (Å²) in [5.74, 6) is -0.0572. The van der Waals surface area contributed by atoms with E-state index >= 15 is 0 Å². The maximum Gasteiger partial charge on any atom is 0.257 e. The summed E-state index contributed by atoms with van der Waals surface area (Å²) in [6.07, 6.45) is 2.26. The zero-order valence-electron chi connectivity index (χ0n) is 20.9. The number of aromatic nitrogens is 2. The highest BCUT2D eigenvalue weighted by atomic mass is 19.1. The topological polar surface area (TPSA) is 94.9 Å². The number of halogens is 1. The third kappa shape index (κ3) is 5.49. The van der Waals surface area contributed by atoms with Crippen LogP contribution in [0.4, 0.5) is 10.2 Å². The number of fused-ring (bicyclic) bond motifs is 1. The maximum atomic E-state index is 14.9. The lowest BCUT2D eigenvalue weighted by molar-refractivity contribution is 0.0739. The summed E-state index contributed by atoms with van der Waals surface area (Å²) in [6, 6.07) is 9.00. The van der Waals surface area contributed by atoms with E-state index in [1.165, 1.54) is 24.1 Å². The molecule has 0 radical (unpaired) electrons. The monoisotopic (exact) mass is 496 g/mol. The molecule has 0 fully saturated rings. The molecule has 0 atom stereocenters. The van der Waals surface area contributed by atoms with Crippen LogP contribution in [0.15, 0.2) is 42.6 Å². The number of likely N-dealkylation sites (N-methyl/N-ethyl adjacent to an activating group) is 1.